The molecule has 0 aliphatic heterocycles. The number of esters is 2. The molecule has 0 amide bonds. The first-order chi connectivity index (χ1) is 9.41. The van der Waals surface area contributed by atoms with Crippen LogP contribution in [0.2, 0.25) is 0 Å². The van der Waals surface area contributed by atoms with E-state index in [-0.39, 0.29) is 35.1 Å². The summed E-state index contributed by atoms with van der Waals surface area (Å²) in [5.74, 6) is -0.201. The quantitative estimate of drug-likeness (QED) is 0.334. The van der Waals surface area contributed by atoms with Crippen LogP contribution in [0.1, 0.15) is 79.1 Å². The molecule has 0 aromatic rings. The lowest BCUT2D eigenvalue weighted by atomic mass is 10.1. The molecule has 0 aliphatic carbocycles. The van der Waals surface area contributed by atoms with Gasteiger partial charge in [-0.2, -0.15) is 0 Å². The second-order valence-electron chi connectivity index (χ2n) is 5.70. The highest BCUT2D eigenvalue weighted by molar-refractivity contribution is 5.75. The Morgan fingerprint density at radius 2 is 0.952 bits per heavy atom. The van der Waals surface area contributed by atoms with Crippen molar-refractivity contribution in [2.75, 3.05) is 0 Å². The van der Waals surface area contributed by atoms with Gasteiger partial charge < -0.3 is 9.47 Å². The first kappa shape index (κ1) is 22.4. The Kier molecular flexibility index (Phi) is 15.1. The molecular weight excluding hydrogens is 284 g/mol. The van der Waals surface area contributed by atoms with Crippen molar-refractivity contribution in [1.82, 2.24) is 0 Å². The van der Waals surface area contributed by atoms with E-state index in [9.17, 15) is 9.59 Å². The van der Waals surface area contributed by atoms with Gasteiger partial charge in [0.1, 0.15) is 0 Å². The number of hydrogen-bond donors (Lipinski definition) is 0. The van der Waals surface area contributed by atoms with Gasteiger partial charge in [-0.15, -0.1) is 0 Å². The van der Waals surface area contributed by atoms with Gasteiger partial charge in [0, 0.05) is 12.8 Å². The van der Waals surface area contributed by atoms with Gasteiger partial charge in [0.25, 0.3) is 0 Å². The van der Waals surface area contributed by atoms with E-state index in [2.05, 4.69) is 0 Å². The summed E-state index contributed by atoms with van der Waals surface area (Å²) in [7, 11) is 0. The summed E-state index contributed by atoms with van der Waals surface area (Å²) >= 11 is 0. The zero-order chi connectivity index (χ0) is 15.4. The number of hydrogen-bond acceptors (Lipinski definition) is 4. The number of unbranched alkanes of at least 4 members (excludes halogenated alkanes) is 5. The molecule has 0 aromatic carbocycles. The van der Waals surface area contributed by atoms with Crippen LogP contribution in [0.3, 0.4) is 0 Å². The van der Waals surface area contributed by atoms with E-state index in [0.717, 1.165) is 38.5 Å². The third-order valence-corrected chi connectivity index (χ3v) is 2.75. The summed E-state index contributed by atoms with van der Waals surface area (Å²) in [5.41, 5.74) is 0. The Morgan fingerprint density at radius 1 is 0.667 bits per heavy atom. The molecule has 0 bridgehead atoms. The second-order valence-corrected chi connectivity index (χ2v) is 5.70. The Labute approximate surface area is 134 Å². The molecule has 0 rings (SSSR count). The predicted octanol–water partition coefficient (Wildman–Crippen LogP) is 2.56. The lowest BCUT2D eigenvalue weighted by molar-refractivity contribution is -0.148. The maximum Gasteiger partial charge on any atom is 0.306 e. The molecule has 0 radical (unpaired) electrons. The van der Waals surface area contributed by atoms with Crippen molar-refractivity contribution >= 4 is 22.9 Å². The Morgan fingerprint density at radius 3 is 1.24 bits per heavy atom. The van der Waals surface area contributed by atoms with Crippen molar-refractivity contribution in [3.8, 4) is 0 Å². The Balaban J connectivity index is 0. The first-order valence-electron chi connectivity index (χ1n) is 7.80. The SMILES string of the molecule is CC(C)OC(=O)CCCCCCCCC(=O)OC(C)C.[SiH4]. The molecule has 5 heteroatoms. The van der Waals surface area contributed by atoms with Gasteiger partial charge in [-0.05, 0) is 51.5 Å². The van der Waals surface area contributed by atoms with Crippen LogP contribution in [0.25, 0.3) is 0 Å². The molecule has 0 fully saturated rings. The van der Waals surface area contributed by atoms with Gasteiger partial charge in [-0.1, -0.05) is 25.7 Å². The smallest absolute Gasteiger partial charge is 0.306 e. The van der Waals surface area contributed by atoms with Crippen LogP contribution in [-0.4, -0.2) is 35.1 Å². The minimum absolute atomic E-state index is 0. The molecular formula is C16H34O4Si. The van der Waals surface area contributed by atoms with Crippen LogP contribution in [0.5, 0.6) is 0 Å². The Bertz CT molecular complexity index is 249. The molecule has 0 aliphatic rings. The Hall–Kier alpha value is -0.843. The number of ether oxygens (including phenoxy) is 2. The van der Waals surface area contributed by atoms with E-state index < -0.39 is 0 Å². The average molecular weight is 319 g/mol. The van der Waals surface area contributed by atoms with Crippen molar-refractivity contribution in [2.24, 2.45) is 0 Å². The van der Waals surface area contributed by atoms with Crippen molar-refractivity contribution in [3.05, 3.63) is 0 Å². The summed E-state index contributed by atoms with van der Waals surface area (Å²) < 4.78 is 10.1. The summed E-state index contributed by atoms with van der Waals surface area (Å²) in [6, 6.07) is 0. The molecule has 0 unspecified atom stereocenters. The van der Waals surface area contributed by atoms with Crippen molar-refractivity contribution in [3.63, 3.8) is 0 Å². The van der Waals surface area contributed by atoms with E-state index in [0.29, 0.717) is 12.8 Å². The first-order valence-corrected chi connectivity index (χ1v) is 7.80. The number of rotatable bonds is 11. The second kappa shape index (κ2) is 14.1. The maximum absolute atomic E-state index is 11.3. The maximum atomic E-state index is 11.3. The van der Waals surface area contributed by atoms with Gasteiger partial charge >= 0.3 is 11.9 Å². The summed E-state index contributed by atoms with van der Waals surface area (Å²) in [4.78, 5) is 22.6. The van der Waals surface area contributed by atoms with Crippen LogP contribution >= 0.6 is 0 Å². The highest BCUT2D eigenvalue weighted by atomic mass is 28.1. The average Bonchev–Trinajstić information content (AvgIpc) is 2.30. The standard InChI is InChI=1S/C16H30O4.H4Si/c1-13(2)19-15(17)11-9-7-5-6-8-10-12-16(18)20-14(3)4;/h13-14H,5-12H2,1-4H3;1H4. The monoisotopic (exact) mass is 318 g/mol. The van der Waals surface area contributed by atoms with E-state index in [1.165, 1.54) is 0 Å². The number of carbonyl (C=O) groups is 2. The van der Waals surface area contributed by atoms with E-state index >= 15 is 0 Å². The molecule has 0 N–H and O–H groups in total. The lowest BCUT2D eigenvalue weighted by Gasteiger charge is -2.08. The minimum Gasteiger partial charge on any atom is -0.463 e. The molecule has 0 spiro atoms. The van der Waals surface area contributed by atoms with Crippen LogP contribution in [0.15, 0.2) is 0 Å². The molecule has 4 nitrogen and oxygen atoms in total. The van der Waals surface area contributed by atoms with Crippen LogP contribution in [-0.2, 0) is 19.1 Å². The van der Waals surface area contributed by atoms with Crippen molar-refractivity contribution < 1.29 is 19.1 Å². The molecule has 0 saturated carbocycles. The molecule has 21 heavy (non-hydrogen) atoms. The van der Waals surface area contributed by atoms with Gasteiger partial charge in [0.05, 0.1) is 12.2 Å². The van der Waals surface area contributed by atoms with Crippen LogP contribution in [0.4, 0.5) is 0 Å². The largest absolute Gasteiger partial charge is 0.463 e. The van der Waals surface area contributed by atoms with Gasteiger partial charge in [-0.3, -0.25) is 9.59 Å². The molecule has 126 valence electrons. The van der Waals surface area contributed by atoms with E-state index in [1.807, 2.05) is 27.7 Å². The molecule has 0 saturated heterocycles. The van der Waals surface area contributed by atoms with Crippen LogP contribution in [0, 0.1) is 0 Å². The fourth-order valence-electron chi connectivity index (χ4n) is 1.89. The van der Waals surface area contributed by atoms with Crippen molar-refractivity contribution in [1.29, 1.82) is 0 Å². The van der Waals surface area contributed by atoms with E-state index in [4.69, 9.17) is 9.47 Å². The van der Waals surface area contributed by atoms with Crippen molar-refractivity contribution in [2.45, 2.75) is 91.3 Å². The fourth-order valence-corrected chi connectivity index (χ4v) is 1.89. The molecule has 0 aromatic heterocycles. The molecule has 0 heterocycles. The molecule has 0 atom stereocenters. The lowest BCUT2D eigenvalue weighted by Crippen LogP contribution is -2.11. The van der Waals surface area contributed by atoms with Gasteiger partial charge in [0.15, 0.2) is 0 Å². The zero-order valence-electron chi connectivity index (χ0n) is 13.4. The van der Waals surface area contributed by atoms with Gasteiger partial charge in [0.2, 0.25) is 0 Å². The normalized spacial score (nSPS) is 10.4. The third-order valence-electron chi connectivity index (χ3n) is 2.75. The highest BCUT2D eigenvalue weighted by Gasteiger charge is 2.06. The van der Waals surface area contributed by atoms with Crippen LogP contribution < -0.4 is 0 Å². The summed E-state index contributed by atoms with van der Waals surface area (Å²) in [6.07, 6.45) is 7.07. The third kappa shape index (κ3) is 17.1. The number of carbonyl (C=O) groups excluding carboxylic acids is 2. The topological polar surface area (TPSA) is 52.6 Å². The zero-order valence-corrected chi connectivity index (χ0v) is 13.4. The highest BCUT2D eigenvalue weighted by Crippen LogP contribution is 2.10. The minimum atomic E-state index is -0.101. The summed E-state index contributed by atoms with van der Waals surface area (Å²) in [6.45, 7) is 7.45. The van der Waals surface area contributed by atoms with Gasteiger partial charge in [-0.25, -0.2) is 0 Å². The fraction of sp³-hybridized carbons (Fsp3) is 0.875. The van der Waals surface area contributed by atoms with E-state index in [1.54, 1.807) is 0 Å². The summed E-state index contributed by atoms with van der Waals surface area (Å²) in [5, 5.41) is 0. The predicted molar refractivity (Wildman–Crippen MR) is 90.7 cm³/mol.